The summed E-state index contributed by atoms with van der Waals surface area (Å²) in [5.74, 6) is 1.96. The number of aromatic nitrogens is 4. The maximum atomic E-state index is 12.5. The van der Waals surface area contributed by atoms with Gasteiger partial charge in [-0.2, -0.15) is 4.98 Å². The maximum absolute atomic E-state index is 12.5. The first-order valence-corrected chi connectivity index (χ1v) is 8.72. The second kappa shape index (κ2) is 6.87. The van der Waals surface area contributed by atoms with Crippen molar-refractivity contribution < 1.29 is 14.1 Å². The van der Waals surface area contributed by atoms with Crippen molar-refractivity contribution in [2.45, 2.75) is 32.9 Å². The Balaban J connectivity index is 1.40. The van der Waals surface area contributed by atoms with Gasteiger partial charge in [0.15, 0.2) is 5.82 Å². The molecule has 0 unspecified atom stereocenters. The third kappa shape index (κ3) is 3.20. The number of imidazole rings is 1. The lowest BCUT2D eigenvalue weighted by molar-refractivity contribution is -0.121. The van der Waals surface area contributed by atoms with Crippen LogP contribution < -0.4 is 5.32 Å². The van der Waals surface area contributed by atoms with E-state index in [2.05, 4.69) is 20.4 Å². The molecule has 0 spiro atoms. The highest BCUT2D eigenvalue weighted by Crippen LogP contribution is 2.33. The Hall–Kier alpha value is -2.74. The number of benzene rings is 1. The smallest absolute Gasteiger partial charge is 0.256 e. The van der Waals surface area contributed by atoms with Gasteiger partial charge in [-0.3, -0.25) is 4.79 Å². The summed E-state index contributed by atoms with van der Waals surface area (Å²) in [6.45, 7) is 5.06. The number of ether oxygens (including phenoxy) is 1. The quantitative estimate of drug-likeness (QED) is 0.751. The number of aryl methyl sites for hydroxylation is 2. The molecule has 136 valence electrons. The summed E-state index contributed by atoms with van der Waals surface area (Å²) in [7, 11) is 0. The number of hydrogen-bond donors (Lipinski definition) is 1. The second-order valence-corrected chi connectivity index (χ2v) is 6.56. The molecule has 8 nitrogen and oxygen atoms in total. The molecule has 0 saturated carbocycles. The van der Waals surface area contributed by atoms with E-state index < -0.39 is 0 Å². The first-order valence-electron chi connectivity index (χ1n) is 8.72. The lowest BCUT2D eigenvalue weighted by Gasteiger charge is -2.16. The lowest BCUT2D eigenvalue weighted by atomic mass is 10.0. The first-order chi connectivity index (χ1) is 12.6. The second-order valence-electron chi connectivity index (χ2n) is 6.56. The molecular formula is C18H21N5O3. The molecule has 1 aliphatic rings. The maximum Gasteiger partial charge on any atom is 0.256 e. The van der Waals surface area contributed by atoms with E-state index in [1.54, 1.807) is 6.92 Å². The van der Waals surface area contributed by atoms with Gasteiger partial charge in [0.25, 0.3) is 5.89 Å². The molecule has 8 heteroatoms. The third-order valence-corrected chi connectivity index (χ3v) is 4.71. The van der Waals surface area contributed by atoms with Crippen LogP contribution >= 0.6 is 0 Å². The van der Waals surface area contributed by atoms with Crippen molar-refractivity contribution in [3.05, 3.63) is 41.8 Å². The summed E-state index contributed by atoms with van der Waals surface area (Å²) in [4.78, 5) is 21.2. The Morgan fingerprint density at radius 2 is 2.15 bits per heavy atom. The van der Waals surface area contributed by atoms with Gasteiger partial charge in [-0.1, -0.05) is 17.3 Å². The largest absolute Gasteiger partial charge is 0.368 e. The van der Waals surface area contributed by atoms with E-state index in [9.17, 15) is 4.79 Å². The predicted molar refractivity (Wildman–Crippen MR) is 93.3 cm³/mol. The van der Waals surface area contributed by atoms with Crippen molar-refractivity contribution in [1.82, 2.24) is 25.0 Å². The minimum atomic E-state index is -0.257. The molecule has 0 aliphatic carbocycles. The molecule has 1 aromatic carbocycles. The lowest BCUT2D eigenvalue weighted by Crippen LogP contribution is -2.33. The normalized spacial score (nSPS) is 19.9. The van der Waals surface area contributed by atoms with Crippen molar-refractivity contribution in [3.63, 3.8) is 0 Å². The number of carbonyl (C=O) groups excluding carboxylic acids is 1. The van der Waals surface area contributed by atoms with E-state index in [0.717, 1.165) is 23.3 Å². The summed E-state index contributed by atoms with van der Waals surface area (Å²) in [6, 6.07) is 7.81. The van der Waals surface area contributed by atoms with Gasteiger partial charge >= 0.3 is 0 Å². The average molecular weight is 355 g/mol. The Morgan fingerprint density at radius 1 is 1.31 bits per heavy atom. The van der Waals surface area contributed by atoms with Gasteiger partial charge in [-0.25, -0.2) is 4.98 Å². The van der Waals surface area contributed by atoms with E-state index in [-0.39, 0.29) is 24.5 Å². The number of amides is 1. The molecule has 1 aliphatic heterocycles. The SMILES string of the molecule is Cc1noc([C@H]2OCC[C@H]2CNC(=O)Cn2c(C)nc3ccccc32)n1. The highest BCUT2D eigenvalue weighted by atomic mass is 16.5. The van der Waals surface area contributed by atoms with E-state index in [0.29, 0.717) is 24.9 Å². The van der Waals surface area contributed by atoms with Crippen LogP contribution in [0.5, 0.6) is 0 Å². The molecule has 3 heterocycles. The summed E-state index contributed by atoms with van der Waals surface area (Å²) in [5, 5.41) is 6.82. The molecule has 1 N–H and O–H groups in total. The number of nitrogens with zero attached hydrogens (tertiary/aromatic N) is 4. The summed E-state index contributed by atoms with van der Waals surface area (Å²) in [5.41, 5.74) is 1.86. The predicted octanol–water partition coefficient (Wildman–Crippen LogP) is 1.93. The van der Waals surface area contributed by atoms with Gasteiger partial charge < -0.3 is 19.1 Å². The summed E-state index contributed by atoms with van der Waals surface area (Å²) in [6.07, 6.45) is 0.590. The van der Waals surface area contributed by atoms with Crippen LogP contribution in [-0.4, -0.2) is 38.8 Å². The Bertz CT molecular complexity index is 932. The van der Waals surface area contributed by atoms with Gasteiger partial charge in [0.1, 0.15) is 18.5 Å². The van der Waals surface area contributed by atoms with Crippen molar-refractivity contribution in [2.75, 3.05) is 13.2 Å². The number of para-hydroxylation sites is 2. The highest BCUT2D eigenvalue weighted by Gasteiger charge is 2.34. The van der Waals surface area contributed by atoms with Gasteiger partial charge in [0, 0.05) is 19.1 Å². The zero-order valence-electron chi connectivity index (χ0n) is 14.8. The molecule has 2 atom stereocenters. The van der Waals surface area contributed by atoms with Crippen LogP contribution in [0.3, 0.4) is 0 Å². The number of rotatable bonds is 5. The van der Waals surface area contributed by atoms with E-state index >= 15 is 0 Å². The van der Waals surface area contributed by atoms with E-state index in [1.807, 2.05) is 35.8 Å². The minimum Gasteiger partial charge on any atom is -0.368 e. The third-order valence-electron chi connectivity index (χ3n) is 4.71. The fraction of sp³-hybridized carbons (Fsp3) is 0.444. The van der Waals surface area contributed by atoms with Gasteiger partial charge in [0.2, 0.25) is 5.91 Å². The minimum absolute atomic E-state index is 0.0522. The zero-order chi connectivity index (χ0) is 18.1. The van der Waals surface area contributed by atoms with Crippen molar-refractivity contribution in [2.24, 2.45) is 5.92 Å². The van der Waals surface area contributed by atoms with Gasteiger partial charge in [-0.05, 0) is 32.4 Å². The summed E-state index contributed by atoms with van der Waals surface area (Å²) >= 11 is 0. The Labute approximate surface area is 150 Å². The Morgan fingerprint density at radius 3 is 2.96 bits per heavy atom. The highest BCUT2D eigenvalue weighted by molar-refractivity contribution is 5.81. The molecule has 0 radical (unpaired) electrons. The van der Waals surface area contributed by atoms with Crippen molar-refractivity contribution in [1.29, 1.82) is 0 Å². The Kier molecular flexibility index (Phi) is 4.42. The number of nitrogens with one attached hydrogen (secondary N) is 1. The molecular weight excluding hydrogens is 334 g/mol. The topological polar surface area (TPSA) is 95.1 Å². The molecule has 3 aromatic rings. The number of hydrogen-bond acceptors (Lipinski definition) is 6. The van der Waals surface area contributed by atoms with Crippen LogP contribution in [0, 0.1) is 19.8 Å². The van der Waals surface area contributed by atoms with Crippen molar-refractivity contribution >= 4 is 16.9 Å². The average Bonchev–Trinajstić information content (AvgIpc) is 3.33. The molecule has 26 heavy (non-hydrogen) atoms. The number of fused-ring (bicyclic) bond motifs is 1. The first kappa shape index (κ1) is 16.7. The van der Waals surface area contributed by atoms with Crippen LogP contribution in [0.2, 0.25) is 0 Å². The summed E-state index contributed by atoms with van der Waals surface area (Å²) < 4.78 is 12.9. The molecule has 2 aromatic heterocycles. The zero-order valence-corrected chi connectivity index (χ0v) is 14.8. The molecule has 4 rings (SSSR count). The molecule has 0 bridgehead atoms. The molecule has 1 amide bonds. The van der Waals surface area contributed by atoms with Gasteiger partial charge in [0.05, 0.1) is 11.0 Å². The van der Waals surface area contributed by atoms with Crippen LogP contribution in [0.15, 0.2) is 28.8 Å². The van der Waals surface area contributed by atoms with Gasteiger partial charge in [-0.15, -0.1) is 0 Å². The van der Waals surface area contributed by atoms with Crippen LogP contribution in [0.1, 0.15) is 30.1 Å². The van der Waals surface area contributed by atoms with Crippen LogP contribution in [-0.2, 0) is 16.1 Å². The fourth-order valence-electron chi connectivity index (χ4n) is 3.38. The standard InChI is InChI=1S/C18H21N5O3/c1-11-20-18(26-22-11)17-13(7-8-25-17)9-19-16(24)10-23-12(2)21-14-5-3-4-6-15(14)23/h3-6,13,17H,7-10H2,1-2H3,(H,19,24)/t13-,17-/m0/s1. The van der Waals surface area contributed by atoms with E-state index in [4.69, 9.17) is 9.26 Å². The van der Waals surface area contributed by atoms with Crippen LogP contribution in [0.4, 0.5) is 0 Å². The molecule has 1 saturated heterocycles. The fourth-order valence-corrected chi connectivity index (χ4v) is 3.38. The van der Waals surface area contributed by atoms with E-state index in [1.165, 1.54) is 0 Å². The van der Waals surface area contributed by atoms with Crippen LogP contribution in [0.25, 0.3) is 11.0 Å². The monoisotopic (exact) mass is 355 g/mol. The van der Waals surface area contributed by atoms with Crippen molar-refractivity contribution in [3.8, 4) is 0 Å². The molecule has 1 fully saturated rings. The number of carbonyl (C=O) groups is 1.